The van der Waals surface area contributed by atoms with E-state index in [4.69, 9.17) is 0 Å². The first-order valence-corrected chi connectivity index (χ1v) is 11.7. The Balaban J connectivity index is 1.51. The fraction of sp³-hybridized carbons (Fsp3) is 0.318. The minimum absolute atomic E-state index is 0.00520. The van der Waals surface area contributed by atoms with Crippen LogP contribution in [0.4, 0.5) is 5.69 Å². The minimum atomic E-state index is -3.62. The molecule has 0 radical (unpaired) electrons. The molecule has 31 heavy (non-hydrogen) atoms. The molecule has 1 fully saturated rings. The van der Waals surface area contributed by atoms with Crippen molar-refractivity contribution in [3.63, 3.8) is 0 Å². The van der Waals surface area contributed by atoms with Crippen LogP contribution in [0.5, 0.6) is 0 Å². The number of nitrogens with zero attached hydrogens (tertiary/aromatic N) is 1. The first-order chi connectivity index (χ1) is 14.8. The molecule has 0 aliphatic carbocycles. The molecule has 2 aliphatic heterocycles. The smallest absolute Gasteiger partial charge is 0.259 e. The van der Waals surface area contributed by atoms with E-state index in [0.717, 1.165) is 25.7 Å². The van der Waals surface area contributed by atoms with Crippen LogP contribution in [0.2, 0.25) is 0 Å². The van der Waals surface area contributed by atoms with E-state index >= 15 is 0 Å². The minimum Gasteiger partial charge on any atom is -0.322 e. The lowest BCUT2D eigenvalue weighted by molar-refractivity contribution is 0.0878. The molecule has 1 atom stereocenters. The van der Waals surface area contributed by atoms with Gasteiger partial charge in [0.05, 0.1) is 16.0 Å². The fourth-order valence-electron chi connectivity index (χ4n) is 4.06. The number of sulfonamides is 1. The topological polar surface area (TPSA) is 113 Å². The zero-order valence-electron chi connectivity index (χ0n) is 17.1. The summed E-state index contributed by atoms with van der Waals surface area (Å²) in [6.07, 6.45) is 3.51. The Labute approximate surface area is 180 Å². The maximum Gasteiger partial charge on any atom is 0.259 e. The second-order valence-electron chi connectivity index (χ2n) is 7.70. The summed E-state index contributed by atoms with van der Waals surface area (Å²) in [5.74, 6) is -1.42. The summed E-state index contributed by atoms with van der Waals surface area (Å²) >= 11 is 0. The fourth-order valence-corrected chi connectivity index (χ4v) is 5.83. The quantitative estimate of drug-likeness (QED) is 0.693. The Bertz CT molecular complexity index is 1160. The Kier molecular flexibility index (Phi) is 5.63. The van der Waals surface area contributed by atoms with E-state index in [1.165, 1.54) is 42.5 Å². The molecule has 1 saturated heterocycles. The van der Waals surface area contributed by atoms with Gasteiger partial charge in [-0.1, -0.05) is 13.3 Å². The van der Waals surface area contributed by atoms with Gasteiger partial charge in [-0.05, 0) is 61.7 Å². The number of piperidine rings is 1. The van der Waals surface area contributed by atoms with Crippen LogP contribution in [0.25, 0.3) is 0 Å². The van der Waals surface area contributed by atoms with E-state index in [1.54, 1.807) is 4.31 Å². The lowest BCUT2D eigenvalue weighted by atomic mass is 10.0. The Morgan fingerprint density at radius 1 is 1.06 bits per heavy atom. The molecule has 2 N–H and O–H groups in total. The number of fused-ring (bicyclic) bond motifs is 1. The Morgan fingerprint density at radius 2 is 1.77 bits per heavy atom. The molecule has 0 aromatic heterocycles. The van der Waals surface area contributed by atoms with E-state index < -0.39 is 27.7 Å². The highest BCUT2D eigenvalue weighted by Gasteiger charge is 2.32. The van der Waals surface area contributed by atoms with Crippen molar-refractivity contribution in [2.24, 2.45) is 0 Å². The predicted octanol–water partition coefficient (Wildman–Crippen LogP) is 2.78. The maximum absolute atomic E-state index is 13.1. The van der Waals surface area contributed by atoms with Crippen molar-refractivity contribution >= 4 is 33.4 Å². The standard InChI is InChI=1S/C22H23N3O5S/c1-2-16-5-3-4-12-25(16)31(29,30)17-9-6-14(7-10-17)20(26)23-15-8-11-18-19(13-15)22(28)24-21(18)27/h6-11,13,16H,2-5,12H2,1H3,(H,23,26)(H,24,27,28)/t16-/m1/s1. The Hall–Kier alpha value is -3.04. The van der Waals surface area contributed by atoms with Crippen LogP contribution in [0.3, 0.4) is 0 Å². The van der Waals surface area contributed by atoms with E-state index in [9.17, 15) is 22.8 Å². The molecule has 0 spiro atoms. The summed E-state index contributed by atoms with van der Waals surface area (Å²) in [6.45, 7) is 2.50. The predicted molar refractivity (Wildman–Crippen MR) is 114 cm³/mol. The van der Waals surface area contributed by atoms with Gasteiger partial charge in [-0.2, -0.15) is 4.31 Å². The number of carbonyl (C=O) groups is 3. The zero-order chi connectivity index (χ0) is 22.2. The molecule has 0 unspecified atom stereocenters. The Morgan fingerprint density at radius 3 is 2.48 bits per heavy atom. The number of hydrogen-bond acceptors (Lipinski definition) is 5. The van der Waals surface area contributed by atoms with Gasteiger partial charge in [0.15, 0.2) is 0 Å². The number of nitrogens with one attached hydrogen (secondary N) is 2. The first kappa shape index (κ1) is 21.2. The molecular weight excluding hydrogens is 418 g/mol. The third-order valence-corrected chi connectivity index (χ3v) is 7.73. The molecule has 2 aromatic rings. The zero-order valence-corrected chi connectivity index (χ0v) is 17.9. The van der Waals surface area contributed by atoms with Crippen molar-refractivity contribution in [2.75, 3.05) is 11.9 Å². The average Bonchev–Trinajstić information content (AvgIpc) is 3.06. The van der Waals surface area contributed by atoms with Crippen LogP contribution in [-0.4, -0.2) is 43.0 Å². The molecule has 162 valence electrons. The van der Waals surface area contributed by atoms with Crippen LogP contribution >= 0.6 is 0 Å². The number of carbonyl (C=O) groups excluding carboxylic acids is 3. The van der Waals surface area contributed by atoms with Crippen molar-refractivity contribution in [3.8, 4) is 0 Å². The van der Waals surface area contributed by atoms with Gasteiger partial charge in [0.1, 0.15) is 0 Å². The van der Waals surface area contributed by atoms with Crippen LogP contribution in [0.1, 0.15) is 63.7 Å². The van der Waals surface area contributed by atoms with Crippen molar-refractivity contribution in [3.05, 3.63) is 59.2 Å². The van der Waals surface area contributed by atoms with Crippen LogP contribution in [-0.2, 0) is 10.0 Å². The highest BCUT2D eigenvalue weighted by Crippen LogP contribution is 2.27. The monoisotopic (exact) mass is 441 g/mol. The van der Waals surface area contributed by atoms with E-state index in [-0.39, 0.29) is 27.6 Å². The second-order valence-corrected chi connectivity index (χ2v) is 9.59. The molecular formula is C22H23N3O5S. The van der Waals surface area contributed by atoms with E-state index in [0.29, 0.717) is 12.2 Å². The number of anilines is 1. The molecule has 0 saturated carbocycles. The SMILES string of the molecule is CC[C@@H]1CCCCN1S(=O)(=O)c1ccc(C(=O)Nc2ccc3c(c2)C(=O)NC3=O)cc1. The average molecular weight is 442 g/mol. The molecule has 8 nitrogen and oxygen atoms in total. The van der Waals surface area contributed by atoms with Crippen molar-refractivity contribution < 1.29 is 22.8 Å². The molecule has 3 amide bonds. The van der Waals surface area contributed by atoms with Gasteiger partial charge in [-0.3, -0.25) is 19.7 Å². The number of hydrogen-bond donors (Lipinski definition) is 2. The van der Waals surface area contributed by atoms with Gasteiger partial charge >= 0.3 is 0 Å². The third-order valence-electron chi connectivity index (χ3n) is 5.76. The van der Waals surface area contributed by atoms with E-state index in [1.807, 2.05) is 6.92 Å². The summed E-state index contributed by atoms with van der Waals surface area (Å²) in [7, 11) is -3.62. The lowest BCUT2D eigenvalue weighted by Gasteiger charge is -2.34. The molecule has 2 aliphatic rings. The number of imide groups is 1. The normalized spacial score (nSPS) is 19.1. The van der Waals surface area contributed by atoms with Crippen LogP contribution < -0.4 is 10.6 Å². The van der Waals surface area contributed by atoms with Gasteiger partial charge in [-0.25, -0.2) is 8.42 Å². The molecule has 2 aromatic carbocycles. The van der Waals surface area contributed by atoms with Gasteiger partial charge in [0.2, 0.25) is 10.0 Å². The molecule has 9 heteroatoms. The van der Waals surface area contributed by atoms with Crippen LogP contribution in [0.15, 0.2) is 47.4 Å². The summed E-state index contributed by atoms with van der Waals surface area (Å²) in [6, 6.07) is 10.3. The number of benzene rings is 2. The summed E-state index contributed by atoms with van der Waals surface area (Å²) < 4.78 is 27.7. The number of rotatable bonds is 5. The largest absolute Gasteiger partial charge is 0.322 e. The molecule has 2 heterocycles. The van der Waals surface area contributed by atoms with Gasteiger partial charge < -0.3 is 5.32 Å². The van der Waals surface area contributed by atoms with Gasteiger partial charge in [0, 0.05) is 23.8 Å². The molecule has 0 bridgehead atoms. The van der Waals surface area contributed by atoms with Crippen molar-refractivity contribution in [1.82, 2.24) is 9.62 Å². The van der Waals surface area contributed by atoms with E-state index in [2.05, 4.69) is 10.6 Å². The lowest BCUT2D eigenvalue weighted by Crippen LogP contribution is -2.43. The molecule has 4 rings (SSSR count). The highest BCUT2D eigenvalue weighted by atomic mass is 32.2. The summed E-state index contributed by atoms with van der Waals surface area (Å²) in [5, 5.41) is 4.87. The third kappa shape index (κ3) is 3.98. The van der Waals surface area contributed by atoms with Crippen molar-refractivity contribution in [2.45, 2.75) is 43.5 Å². The van der Waals surface area contributed by atoms with Crippen molar-refractivity contribution in [1.29, 1.82) is 0 Å². The van der Waals surface area contributed by atoms with Gasteiger partial charge in [0.25, 0.3) is 17.7 Å². The number of amides is 3. The van der Waals surface area contributed by atoms with Crippen LogP contribution in [0, 0.1) is 0 Å². The highest BCUT2D eigenvalue weighted by molar-refractivity contribution is 7.89. The summed E-state index contributed by atoms with van der Waals surface area (Å²) in [4.78, 5) is 36.2. The second kappa shape index (κ2) is 8.24. The maximum atomic E-state index is 13.1. The van der Waals surface area contributed by atoms with Gasteiger partial charge in [-0.15, -0.1) is 0 Å². The first-order valence-electron chi connectivity index (χ1n) is 10.2. The summed E-state index contributed by atoms with van der Waals surface area (Å²) in [5.41, 5.74) is 1.12.